The number of carbonyl (C=O) groups is 2. The highest BCUT2D eigenvalue weighted by atomic mass is 16.5. The molecular weight excluding hydrogens is 282 g/mol. The molecule has 0 spiro atoms. The highest BCUT2D eigenvalue weighted by Crippen LogP contribution is 2.40. The molecule has 0 saturated heterocycles. The van der Waals surface area contributed by atoms with E-state index in [0.29, 0.717) is 18.8 Å². The number of carbonyl (C=O) groups excluding carboxylic acids is 2. The second kappa shape index (κ2) is 5.83. The summed E-state index contributed by atoms with van der Waals surface area (Å²) in [7, 11) is 0. The van der Waals surface area contributed by atoms with Crippen LogP contribution in [0.3, 0.4) is 0 Å². The molecular formula is C17H19NO4. The number of ketones is 1. The Morgan fingerprint density at radius 3 is 2.91 bits per heavy atom. The smallest absolute Gasteiger partial charge is 0.225 e. The van der Waals surface area contributed by atoms with Gasteiger partial charge in [-0.3, -0.25) is 9.59 Å². The van der Waals surface area contributed by atoms with Gasteiger partial charge in [-0.1, -0.05) is 6.07 Å². The Hall–Kier alpha value is -2.30. The topological polar surface area (TPSA) is 75.6 Å². The maximum Gasteiger partial charge on any atom is 0.225 e. The molecule has 5 heteroatoms. The van der Waals surface area contributed by atoms with Crippen LogP contribution in [-0.4, -0.2) is 23.4 Å². The molecule has 1 heterocycles. The maximum absolute atomic E-state index is 12.3. The van der Waals surface area contributed by atoms with Crippen LogP contribution in [0.4, 0.5) is 0 Å². The van der Waals surface area contributed by atoms with Gasteiger partial charge in [-0.2, -0.15) is 0 Å². The molecule has 1 amide bonds. The molecule has 0 radical (unpaired) electrons. The zero-order chi connectivity index (χ0) is 15.7. The molecule has 2 aliphatic rings. The minimum Gasteiger partial charge on any atom is -0.504 e. The molecule has 0 fully saturated rings. The number of amides is 1. The van der Waals surface area contributed by atoms with Crippen LogP contribution in [0.15, 0.2) is 29.5 Å². The van der Waals surface area contributed by atoms with E-state index in [1.54, 1.807) is 18.2 Å². The van der Waals surface area contributed by atoms with Crippen LogP contribution in [0.2, 0.25) is 0 Å². The lowest BCUT2D eigenvalue weighted by molar-refractivity contribution is -0.122. The van der Waals surface area contributed by atoms with Crippen molar-refractivity contribution in [3.05, 3.63) is 35.0 Å². The number of nitrogens with one attached hydrogen (secondary N) is 1. The monoisotopic (exact) mass is 301 g/mol. The fraction of sp³-hybridized carbons (Fsp3) is 0.412. The van der Waals surface area contributed by atoms with Crippen molar-refractivity contribution < 1.29 is 19.4 Å². The molecule has 1 aromatic carbocycles. The van der Waals surface area contributed by atoms with Gasteiger partial charge in [-0.05, 0) is 37.5 Å². The van der Waals surface area contributed by atoms with Crippen molar-refractivity contribution in [1.29, 1.82) is 0 Å². The van der Waals surface area contributed by atoms with Gasteiger partial charge in [0.1, 0.15) is 0 Å². The molecule has 22 heavy (non-hydrogen) atoms. The molecule has 1 atom stereocenters. The minimum atomic E-state index is -0.253. The standard InChI is InChI=1S/C17H19NO4/c1-2-22-15-8-10(6-7-13(15)19)11-9-16(21)18-12-4-3-5-14(20)17(11)12/h6-8,11,19H,2-5,9H2,1H3,(H,18,21)/t11-/m0/s1. The van der Waals surface area contributed by atoms with Gasteiger partial charge in [0.05, 0.1) is 6.61 Å². The number of benzene rings is 1. The van der Waals surface area contributed by atoms with E-state index in [4.69, 9.17) is 4.74 Å². The Bertz CT molecular complexity index is 663. The van der Waals surface area contributed by atoms with E-state index in [0.717, 1.165) is 29.7 Å². The zero-order valence-electron chi connectivity index (χ0n) is 12.5. The number of phenolic OH excluding ortho intramolecular Hbond substituents is 1. The predicted octanol–water partition coefficient (Wildman–Crippen LogP) is 2.40. The van der Waals surface area contributed by atoms with E-state index in [9.17, 15) is 14.7 Å². The summed E-state index contributed by atoms with van der Waals surface area (Å²) in [5, 5.41) is 12.7. The summed E-state index contributed by atoms with van der Waals surface area (Å²) < 4.78 is 5.41. The van der Waals surface area contributed by atoms with Crippen LogP contribution < -0.4 is 10.1 Å². The van der Waals surface area contributed by atoms with Crippen LogP contribution >= 0.6 is 0 Å². The third kappa shape index (κ3) is 2.58. The summed E-state index contributed by atoms with van der Waals surface area (Å²) in [6.45, 7) is 2.28. The van der Waals surface area contributed by atoms with Crippen molar-refractivity contribution in [2.75, 3.05) is 6.61 Å². The van der Waals surface area contributed by atoms with Crippen molar-refractivity contribution in [3.63, 3.8) is 0 Å². The molecule has 5 nitrogen and oxygen atoms in total. The van der Waals surface area contributed by atoms with Gasteiger partial charge in [0.25, 0.3) is 0 Å². The van der Waals surface area contributed by atoms with Gasteiger partial charge in [0, 0.05) is 30.0 Å². The number of hydrogen-bond donors (Lipinski definition) is 2. The molecule has 0 unspecified atom stereocenters. The van der Waals surface area contributed by atoms with E-state index >= 15 is 0 Å². The summed E-state index contributed by atoms with van der Waals surface area (Å²) in [5.41, 5.74) is 2.32. The Morgan fingerprint density at radius 1 is 1.32 bits per heavy atom. The van der Waals surface area contributed by atoms with Crippen LogP contribution in [-0.2, 0) is 9.59 Å². The molecule has 0 aromatic heterocycles. The first-order chi connectivity index (χ1) is 10.6. The largest absolute Gasteiger partial charge is 0.504 e. The van der Waals surface area contributed by atoms with Crippen molar-refractivity contribution >= 4 is 11.7 Å². The number of phenols is 1. The van der Waals surface area contributed by atoms with Gasteiger partial charge in [-0.25, -0.2) is 0 Å². The second-order valence-corrected chi connectivity index (χ2v) is 5.63. The van der Waals surface area contributed by atoms with Gasteiger partial charge in [-0.15, -0.1) is 0 Å². The van der Waals surface area contributed by atoms with Crippen molar-refractivity contribution in [1.82, 2.24) is 5.32 Å². The van der Waals surface area contributed by atoms with E-state index in [1.807, 2.05) is 6.92 Å². The summed E-state index contributed by atoms with van der Waals surface area (Å²) in [6.07, 6.45) is 2.30. The molecule has 116 valence electrons. The molecule has 3 rings (SSSR count). The highest BCUT2D eigenvalue weighted by molar-refractivity contribution is 6.01. The first-order valence-electron chi connectivity index (χ1n) is 7.62. The molecule has 1 aliphatic heterocycles. The fourth-order valence-electron chi connectivity index (χ4n) is 3.21. The number of hydrogen-bond acceptors (Lipinski definition) is 4. The van der Waals surface area contributed by atoms with Gasteiger partial charge in [0.15, 0.2) is 17.3 Å². The lowest BCUT2D eigenvalue weighted by Crippen LogP contribution is -2.36. The van der Waals surface area contributed by atoms with Crippen LogP contribution in [0.25, 0.3) is 0 Å². The Labute approximate surface area is 129 Å². The van der Waals surface area contributed by atoms with Crippen molar-refractivity contribution in [2.45, 2.75) is 38.5 Å². The predicted molar refractivity (Wildman–Crippen MR) is 80.7 cm³/mol. The first kappa shape index (κ1) is 14.6. The van der Waals surface area contributed by atoms with Crippen molar-refractivity contribution in [3.8, 4) is 11.5 Å². The quantitative estimate of drug-likeness (QED) is 0.899. The third-order valence-electron chi connectivity index (χ3n) is 4.17. The zero-order valence-corrected chi connectivity index (χ0v) is 12.5. The normalized spacial score (nSPS) is 21.4. The van der Waals surface area contributed by atoms with E-state index in [1.165, 1.54) is 0 Å². The van der Waals surface area contributed by atoms with Crippen LogP contribution in [0.5, 0.6) is 11.5 Å². The SMILES string of the molecule is CCOc1cc([C@@H]2CC(=O)NC3=C2C(=O)CCC3)ccc1O. The molecule has 0 saturated carbocycles. The number of allylic oxidation sites excluding steroid dienone is 2. The molecule has 2 N–H and O–H groups in total. The summed E-state index contributed by atoms with van der Waals surface area (Å²) in [6, 6.07) is 5.04. The third-order valence-corrected chi connectivity index (χ3v) is 4.17. The fourth-order valence-corrected chi connectivity index (χ4v) is 3.21. The van der Waals surface area contributed by atoms with Crippen LogP contribution in [0, 0.1) is 0 Å². The number of rotatable bonds is 3. The van der Waals surface area contributed by atoms with Gasteiger partial charge < -0.3 is 15.2 Å². The number of Topliss-reactive ketones (excluding diaryl/α,β-unsaturated/α-hetero) is 1. The van der Waals surface area contributed by atoms with E-state index in [-0.39, 0.29) is 29.8 Å². The molecule has 0 bridgehead atoms. The molecule has 1 aromatic rings. The lowest BCUT2D eigenvalue weighted by atomic mass is 9.78. The first-order valence-corrected chi connectivity index (χ1v) is 7.62. The lowest BCUT2D eigenvalue weighted by Gasteiger charge is -2.31. The summed E-state index contributed by atoms with van der Waals surface area (Å²) in [5.74, 6) is 0.240. The number of aromatic hydroxyl groups is 1. The van der Waals surface area contributed by atoms with E-state index < -0.39 is 0 Å². The summed E-state index contributed by atoms with van der Waals surface area (Å²) in [4.78, 5) is 24.3. The van der Waals surface area contributed by atoms with Crippen molar-refractivity contribution in [2.24, 2.45) is 0 Å². The van der Waals surface area contributed by atoms with Crippen LogP contribution in [0.1, 0.15) is 44.1 Å². The highest BCUT2D eigenvalue weighted by Gasteiger charge is 2.34. The Morgan fingerprint density at radius 2 is 2.14 bits per heavy atom. The molecule has 1 aliphatic carbocycles. The number of ether oxygens (including phenoxy) is 1. The Kier molecular flexibility index (Phi) is 3.88. The maximum atomic E-state index is 12.3. The second-order valence-electron chi connectivity index (χ2n) is 5.63. The van der Waals surface area contributed by atoms with E-state index in [2.05, 4.69) is 5.32 Å². The van der Waals surface area contributed by atoms with Gasteiger partial charge >= 0.3 is 0 Å². The minimum absolute atomic E-state index is 0.0648. The van der Waals surface area contributed by atoms with Gasteiger partial charge in [0.2, 0.25) is 5.91 Å². The average molecular weight is 301 g/mol. The Balaban J connectivity index is 2.04. The average Bonchev–Trinajstić information content (AvgIpc) is 2.49. The summed E-state index contributed by atoms with van der Waals surface area (Å²) >= 11 is 0.